The fraction of sp³-hybridized carbons (Fsp3) is 0.526. The molecule has 0 aliphatic heterocycles. The van der Waals surface area contributed by atoms with Crippen molar-refractivity contribution in [3.8, 4) is 11.5 Å². The third-order valence-corrected chi connectivity index (χ3v) is 4.26. The standard InChI is InChI=1S/C19H28N2O3/c1-23-17-9-8-16(14-18(17)24-2)11-13-21-19(22)20-12-10-15-6-4-3-5-7-15/h6,8-9,14H,3-5,7,10-13H2,1-2H3,(H2,20,21,22). The molecule has 0 saturated heterocycles. The predicted molar refractivity (Wildman–Crippen MR) is 95.8 cm³/mol. The summed E-state index contributed by atoms with van der Waals surface area (Å²) in [5, 5.41) is 5.81. The topological polar surface area (TPSA) is 59.6 Å². The first kappa shape index (κ1) is 18.2. The van der Waals surface area contributed by atoms with Gasteiger partial charge in [0.1, 0.15) is 0 Å². The SMILES string of the molecule is COc1ccc(CCNC(=O)NCCC2=CCCCC2)cc1OC. The minimum Gasteiger partial charge on any atom is -0.493 e. The second-order valence-corrected chi connectivity index (χ2v) is 5.98. The van der Waals surface area contributed by atoms with Gasteiger partial charge in [0, 0.05) is 13.1 Å². The molecule has 0 radical (unpaired) electrons. The molecule has 0 aromatic heterocycles. The van der Waals surface area contributed by atoms with Crippen molar-refractivity contribution in [3.63, 3.8) is 0 Å². The molecule has 24 heavy (non-hydrogen) atoms. The summed E-state index contributed by atoms with van der Waals surface area (Å²) >= 11 is 0. The number of hydrogen-bond donors (Lipinski definition) is 2. The van der Waals surface area contributed by atoms with E-state index < -0.39 is 0 Å². The molecule has 0 fully saturated rings. The summed E-state index contributed by atoms with van der Waals surface area (Å²) in [4.78, 5) is 11.8. The Balaban J connectivity index is 1.66. The average molecular weight is 332 g/mol. The highest BCUT2D eigenvalue weighted by atomic mass is 16.5. The van der Waals surface area contributed by atoms with E-state index in [1.807, 2.05) is 18.2 Å². The number of urea groups is 1. The number of amides is 2. The van der Waals surface area contributed by atoms with Crippen LogP contribution in [0.3, 0.4) is 0 Å². The van der Waals surface area contributed by atoms with Crippen molar-refractivity contribution < 1.29 is 14.3 Å². The van der Waals surface area contributed by atoms with Crippen LogP contribution in [0.15, 0.2) is 29.8 Å². The Morgan fingerprint density at radius 2 is 1.79 bits per heavy atom. The normalized spacial score (nSPS) is 13.8. The summed E-state index contributed by atoms with van der Waals surface area (Å²) in [5.41, 5.74) is 2.58. The molecule has 1 aromatic rings. The van der Waals surface area contributed by atoms with Crippen molar-refractivity contribution in [2.45, 2.75) is 38.5 Å². The van der Waals surface area contributed by atoms with Crippen LogP contribution < -0.4 is 20.1 Å². The first-order valence-corrected chi connectivity index (χ1v) is 8.63. The quantitative estimate of drug-likeness (QED) is 0.717. The molecule has 2 N–H and O–H groups in total. The highest BCUT2D eigenvalue weighted by molar-refractivity contribution is 5.73. The summed E-state index contributed by atoms with van der Waals surface area (Å²) in [6, 6.07) is 5.70. The van der Waals surface area contributed by atoms with Gasteiger partial charge in [-0.1, -0.05) is 17.7 Å². The van der Waals surface area contributed by atoms with Gasteiger partial charge in [-0.15, -0.1) is 0 Å². The van der Waals surface area contributed by atoms with Crippen LogP contribution >= 0.6 is 0 Å². The third kappa shape index (κ3) is 5.80. The fourth-order valence-electron chi connectivity index (χ4n) is 2.89. The summed E-state index contributed by atoms with van der Waals surface area (Å²) in [6.07, 6.45) is 8.98. The van der Waals surface area contributed by atoms with Crippen LogP contribution in [0.5, 0.6) is 11.5 Å². The van der Waals surface area contributed by atoms with Gasteiger partial charge >= 0.3 is 6.03 Å². The molecule has 0 bridgehead atoms. The molecular weight excluding hydrogens is 304 g/mol. The zero-order valence-electron chi connectivity index (χ0n) is 14.7. The molecule has 0 heterocycles. The number of methoxy groups -OCH3 is 2. The molecule has 132 valence electrons. The van der Waals surface area contributed by atoms with E-state index in [4.69, 9.17) is 9.47 Å². The lowest BCUT2D eigenvalue weighted by Crippen LogP contribution is -2.37. The number of carbonyl (C=O) groups excluding carboxylic acids is 1. The van der Waals surface area contributed by atoms with Gasteiger partial charge in [-0.05, 0) is 56.2 Å². The molecule has 2 rings (SSSR count). The first-order valence-electron chi connectivity index (χ1n) is 8.63. The molecule has 0 atom stereocenters. The van der Waals surface area contributed by atoms with E-state index in [2.05, 4.69) is 16.7 Å². The molecule has 0 spiro atoms. The zero-order valence-corrected chi connectivity index (χ0v) is 14.7. The van der Waals surface area contributed by atoms with E-state index >= 15 is 0 Å². The predicted octanol–water partition coefficient (Wildman–Crippen LogP) is 3.44. The van der Waals surface area contributed by atoms with Gasteiger partial charge in [-0.25, -0.2) is 4.79 Å². The van der Waals surface area contributed by atoms with E-state index in [1.54, 1.807) is 14.2 Å². The second-order valence-electron chi connectivity index (χ2n) is 5.98. The molecule has 1 aliphatic carbocycles. The Kier molecular flexibility index (Phi) is 7.46. The largest absolute Gasteiger partial charge is 0.493 e. The minimum atomic E-state index is -0.105. The minimum absolute atomic E-state index is 0.105. The maximum absolute atomic E-state index is 11.8. The molecule has 1 aromatic carbocycles. The van der Waals surface area contributed by atoms with Crippen molar-refractivity contribution in [2.75, 3.05) is 27.3 Å². The van der Waals surface area contributed by atoms with Crippen LogP contribution in [0.1, 0.15) is 37.7 Å². The van der Waals surface area contributed by atoms with Gasteiger partial charge in [0.2, 0.25) is 0 Å². The Hall–Kier alpha value is -2.17. The lowest BCUT2D eigenvalue weighted by Gasteiger charge is -2.13. The summed E-state index contributed by atoms with van der Waals surface area (Å²) in [7, 11) is 3.24. The second kappa shape index (κ2) is 9.85. The molecular formula is C19H28N2O3. The summed E-state index contributed by atoms with van der Waals surface area (Å²) < 4.78 is 10.5. The maximum Gasteiger partial charge on any atom is 0.314 e. The van der Waals surface area contributed by atoms with Crippen LogP contribution in [-0.2, 0) is 6.42 Å². The molecule has 1 aliphatic rings. The van der Waals surface area contributed by atoms with Gasteiger partial charge in [0.25, 0.3) is 0 Å². The monoisotopic (exact) mass is 332 g/mol. The van der Waals surface area contributed by atoms with Crippen LogP contribution in [0.2, 0.25) is 0 Å². The van der Waals surface area contributed by atoms with E-state index in [1.165, 1.54) is 31.3 Å². The van der Waals surface area contributed by atoms with Crippen LogP contribution in [0.25, 0.3) is 0 Å². The smallest absolute Gasteiger partial charge is 0.314 e. The van der Waals surface area contributed by atoms with Gasteiger partial charge in [0.05, 0.1) is 14.2 Å². The Bertz CT molecular complexity index is 570. The average Bonchev–Trinajstić information content (AvgIpc) is 2.62. The number of hydrogen-bond acceptors (Lipinski definition) is 3. The van der Waals surface area contributed by atoms with Crippen LogP contribution in [0, 0.1) is 0 Å². The number of nitrogens with one attached hydrogen (secondary N) is 2. The Labute approximate surface area is 144 Å². The lowest BCUT2D eigenvalue weighted by atomic mass is 9.97. The maximum atomic E-state index is 11.8. The molecule has 5 nitrogen and oxygen atoms in total. The number of ether oxygens (including phenoxy) is 2. The van der Waals surface area contributed by atoms with Crippen molar-refractivity contribution >= 4 is 6.03 Å². The summed E-state index contributed by atoms with van der Waals surface area (Å²) in [5.74, 6) is 1.42. The van der Waals surface area contributed by atoms with Crippen LogP contribution in [0.4, 0.5) is 4.79 Å². The number of rotatable bonds is 8. The zero-order chi connectivity index (χ0) is 17.2. The summed E-state index contributed by atoms with van der Waals surface area (Å²) in [6.45, 7) is 1.29. The highest BCUT2D eigenvalue weighted by Gasteiger charge is 2.06. The molecule has 0 saturated carbocycles. The number of carbonyl (C=O) groups is 1. The lowest BCUT2D eigenvalue weighted by molar-refractivity contribution is 0.241. The third-order valence-electron chi connectivity index (χ3n) is 4.26. The van der Waals surface area contributed by atoms with Crippen molar-refractivity contribution in [3.05, 3.63) is 35.4 Å². The van der Waals surface area contributed by atoms with Crippen LogP contribution in [-0.4, -0.2) is 33.3 Å². The van der Waals surface area contributed by atoms with Gasteiger partial charge in [-0.3, -0.25) is 0 Å². The molecule has 5 heteroatoms. The van der Waals surface area contributed by atoms with Gasteiger partial charge in [-0.2, -0.15) is 0 Å². The fourth-order valence-corrected chi connectivity index (χ4v) is 2.89. The molecule has 2 amide bonds. The Morgan fingerprint density at radius 3 is 2.46 bits per heavy atom. The first-order chi connectivity index (χ1) is 11.7. The van der Waals surface area contributed by atoms with E-state index in [0.717, 1.165) is 18.4 Å². The van der Waals surface area contributed by atoms with E-state index in [9.17, 15) is 4.79 Å². The van der Waals surface area contributed by atoms with E-state index in [0.29, 0.717) is 24.6 Å². The van der Waals surface area contributed by atoms with E-state index in [-0.39, 0.29) is 6.03 Å². The van der Waals surface area contributed by atoms with Gasteiger partial charge in [0.15, 0.2) is 11.5 Å². The molecule has 0 unspecified atom stereocenters. The Morgan fingerprint density at radius 1 is 1.04 bits per heavy atom. The highest BCUT2D eigenvalue weighted by Crippen LogP contribution is 2.27. The number of allylic oxidation sites excluding steroid dienone is 1. The van der Waals surface area contributed by atoms with Crippen molar-refractivity contribution in [1.82, 2.24) is 10.6 Å². The number of benzene rings is 1. The van der Waals surface area contributed by atoms with Crippen molar-refractivity contribution in [1.29, 1.82) is 0 Å². The van der Waals surface area contributed by atoms with Gasteiger partial charge < -0.3 is 20.1 Å². The van der Waals surface area contributed by atoms with Crippen molar-refractivity contribution in [2.24, 2.45) is 0 Å².